The summed E-state index contributed by atoms with van der Waals surface area (Å²) in [5, 5.41) is 5.02. The summed E-state index contributed by atoms with van der Waals surface area (Å²) in [5.74, 6) is -0.723. The maximum atomic E-state index is 12.9. The number of carbonyl (C=O) groups is 1. The molecule has 1 aromatic heterocycles. The molecule has 0 unspecified atom stereocenters. The van der Waals surface area contributed by atoms with Gasteiger partial charge in [-0.2, -0.15) is 5.10 Å². The number of amides is 1. The van der Waals surface area contributed by atoms with Crippen molar-refractivity contribution in [2.75, 3.05) is 0 Å². The number of halogens is 4. The topological polar surface area (TPSA) is 47.4 Å². The molecular formula is C20H14ClF3N3O2. The monoisotopic (exact) mass is 420 g/mol. The van der Waals surface area contributed by atoms with Crippen molar-refractivity contribution in [3.05, 3.63) is 71.7 Å². The highest BCUT2D eigenvalue weighted by Gasteiger charge is 2.34. The zero-order valence-electron chi connectivity index (χ0n) is 14.9. The summed E-state index contributed by atoms with van der Waals surface area (Å²) >= 11 is 5.98. The number of aromatic nitrogens is 2. The lowest BCUT2D eigenvalue weighted by atomic mass is 10.1. The van der Waals surface area contributed by atoms with Gasteiger partial charge < -0.3 is 9.64 Å². The number of rotatable bonds is 3. The molecule has 0 aliphatic carbocycles. The van der Waals surface area contributed by atoms with Crippen LogP contribution in [-0.4, -0.2) is 26.9 Å². The Kier molecular flexibility index (Phi) is 4.74. The van der Waals surface area contributed by atoms with Crippen LogP contribution in [0.2, 0.25) is 5.02 Å². The highest BCUT2D eigenvalue weighted by molar-refractivity contribution is 6.30. The second-order valence-electron chi connectivity index (χ2n) is 6.46. The molecule has 1 amide bonds. The van der Waals surface area contributed by atoms with Gasteiger partial charge in [0.2, 0.25) is 5.91 Å². The normalized spacial score (nSPS) is 13.5. The van der Waals surface area contributed by atoms with Crippen LogP contribution in [0.3, 0.4) is 0 Å². The molecular weight excluding hydrogens is 407 g/mol. The Bertz CT molecular complexity index is 1080. The van der Waals surface area contributed by atoms with Crippen molar-refractivity contribution in [1.29, 1.82) is 0 Å². The highest BCUT2D eigenvalue weighted by Crippen LogP contribution is 2.38. The zero-order chi connectivity index (χ0) is 20.8. The summed E-state index contributed by atoms with van der Waals surface area (Å²) in [6, 6.07) is 12.6. The van der Waals surface area contributed by atoms with Gasteiger partial charge in [0.1, 0.15) is 5.69 Å². The maximum Gasteiger partial charge on any atom is 0.573 e. The SMILES string of the molecule is [CH2]C(=O)N1Cc2nn(-c3ccccc3OC(F)(F)F)c(-c3ccc(Cl)cc3)c2C1. The molecule has 0 atom stereocenters. The third-order valence-electron chi connectivity index (χ3n) is 4.55. The molecule has 2 aromatic carbocycles. The molecule has 1 aliphatic heterocycles. The zero-order valence-corrected chi connectivity index (χ0v) is 15.7. The number of carbonyl (C=O) groups excluding carboxylic acids is 1. The van der Waals surface area contributed by atoms with Crippen LogP contribution in [0.4, 0.5) is 13.2 Å². The minimum Gasteiger partial charge on any atom is -0.403 e. The van der Waals surface area contributed by atoms with E-state index < -0.39 is 6.36 Å². The molecule has 2 heterocycles. The molecule has 0 spiro atoms. The predicted octanol–water partition coefficient (Wildman–Crippen LogP) is 4.77. The summed E-state index contributed by atoms with van der Waals surface area (Å²) in [6.07, 6.45) is -4.84. The summed E-state index contributed by atoms with van der Waals surface area (Å²) in [5.41, 5.74) is 2.73. The number of ether oxygens (including phenoxy) is 1. The fourth-order valence-corrected chi connectivity index (χ4v) is 3.44. The predicted molar refractivity (Wildman–Crippen MR) is 100 cm³/mol. The van der Waals surface area contributed by atoms with Crippen LogP contribution in [-0.2, 0) is 17.9 Å². The van der Waals surface area contributed by atoms with Crippen molar-refractivity contribution >= 4 is 17.5 Å². The van der Waals surface area contributed by atoms with Gasteiger partial charge in [0.25, 0.3) is 0 Å². The van der Waals surface area contributed by atoms with Crippen molar-refractivity contribution < 1.29 is 22.7 Å². The summed E-state index contributed by atoms with van der Waals surface area (Å²) < 4.78 is 44.3. The number of alkyl halides is 3. The Morgan fingerprint density at radius 2 is 1.79 bits per heavy atom. The lowest BCUT2D eigenvalue weighted by Gasteiger charge is -2.17. The quantitative estimate of drug-likeness (QED) is 0.613. The van der Waals surface area contributed by atoms with Gasteiger partial charge in [-0.15, -0.1) is 13.2 Å². The number of hydrogen-bond acceptors (Lipinski definition) is 3. The van der Waals surface area contributed by atoms with Crippen molar-refractivity contribution in [1.82, 2.24) is 14.7 Å². The standard InChI is InChI=1S/C20H14ClF3N3O2/c1-12(28)26-10-15-16(11-26)25-27(19(15)13-6-8-14(21)9-7-13)17-4-2-3-5-18(17)29-20(22,23)24/h2-9H,1,10-11H2. The molecule has 9 heteroatoms. The molecule has 1 radical (unpaired) electrons. The Morgan fingerprint density at radius 3 is 2.45 bits per heavy atom. The van der Waals surface area contributed by atoms with Gasteiger partial charge >= 0.3 is 6.36 Å². The van der Waals surface area contributed by atoms with E-state index in [1.54, 1.807) is 30.3 Å². The second kappa shape index (κ2) is 7.11. The van der Waals surface area contributed by atoms with E-state index in [0.717, 1.165) is 5.56 Å². The summed E-state index contributed by atoms with van der Waals surface area (Å²) in [4.78, 5) is 13.2. The second-order valence-corrected chi connectivity index (χ2v) is 6.89. The van der Waals surface area contributed by atoms with E-state index in [-0.39, 0.29) is 30.4 Å². The average molecular weight is 421 g/mol. The molecule has 1 aliphatic rings. The third-order valence-corrected chi connectivity index (χ3v) is 4.80. The van der Waals surface area contributed by atoms with Crippen LogP contribution in [0.5, 0.6) is 5.75 Å². The fraction of sp³-hybridized carbons (Fsp3) is 0.150. The summed E-state index contributed by atoms with van der Waals surface area (Å²) in [6.45, 7) is 3.91. The van der Waals surface area contributed by atoms with E-state index in [0.29, 0.717) is 22.0 Å². The molecule has 4 rings (SSSR count). The van der Waals surface area contributed by atoms with Crippen LogP contribution in [0.15, 0.2) is 48.5 Å². The van der Waals surface area contributed by atoms with Crippen LogP contribution >= 0.6 is 11.6 Å². The molecule has 29 heavy (non-hydrogen) atoms. The van der Waals surface area contributed by atoms with E-state index in [9.17, 15) is 18.0 Å². The Labute approximate surface area is 169 Å². The van der Waals surface area contributed by atoms with Crippen molar-refractivity contribution in [2.24, 2.45) is 0 Å². The molecule has 0 N–H and O–H groups in total. The van der Waals surface area contributed by atoms with Gasteiger partial charge in [0.15, 0.2) is 5.75 Å². The number of fused-ring (bicyclic) bond motifs is 1. The van der Waals surface area contributed by atoms with Crippen LogP contribution in [0, 0.1) is 6.92 Å². The largest absolute Gasteiger partial charge is 0.573 e. The Balaban J connectivity index is 1.89. The molecule has 3 aromatic rings. The average Bonchev–Trinajstić information content (AvgIpc) is 3.20. The van der Waals surface area contributed by atoms with E-state index in [2.05, 4.69) is 16.8 Å². The van der Waals surface area contributed by atoms with Crippen molar-refractivity contribution in [3.63, 3.8) is 0 Å². The Morgan fingerprint density at radius 1 is 1.10 bits per heavy atom. The number of benzene rings is 2. The third kappa shape index (κ3) is 3.80. The van der Waals surface area contributed by atoms with E-state index in [4.69, 9.17) is 11.6 Å². The molecule has 149 valence electrons. The highest BCUT2D eigenvalue weighted by atomic mass is 35.5. The molecule has 5 nitrogen and oxygen atoms in total. The lowest BCUT2D eigenvalue weighted by Crippen LogP contribution is -2.23. The molecule has 0 bridgehead atoms. The van der Waals surface area contributed by atoms with Crippen molar-refractivity contribution in [2.45, 2.75) is 19.5 Å². The smallest absolute Gasteiger partial charge is 0.403 e. The first-order valence-electron chi connectivity index (χ1n) is 8.55. The summed E-state index contributed by atoms with van der Waals surface area (Å²) in [7, 11) is 0. The van der Waals surface area contributed by atoms with Gasteiger partial charge in [-0.25, -0.2) is 4.68 Å². The van der Waals surface area contributed by atoms with Crippen LogP contribution < -0.4 is 4.74 Å². The molecule has 0 saturated heterocycles. The molecule has 0 fully saturated rings. The first-order valence-corrected chi connectivity index (χ1v) is 8.93. The Hall–Kier alpha value is -3.00. The minimum absolute atomic E-state index is 0.136. The number of hydrogen-bond donors (Lipinski definition) is 0. The first-order chi connectivity index (χ1) is 13.7. The van der Waals surface area contributed by atoms with Crippen molar-refractivity contribution in [3.8, 4) is 22.7 Å². The van der Waals surface area contributed by atoms with Crippen LogP contribution in [0.25, 0.3) is 16.9 Å². The minimum atomic E-state index is -4.84. The van der Waals surface area contributed by atoms with Crippen LogP contribution in [0.1, 0.15) is 11.3 Å². The first kappa shape index (κ1) is 19.3. The molecule has 0 saturated carbocycles. The van der Waals surface area contributed by atoms with Gasteiger partial charge in [0.05, 0.1) is 24.5 Å². The van der Waals surface area contributed by atoms with Gasteiger partial charge in [-0.3, -0.25) is 4.79 Å². The lowest BCUT2D eigenvalue weighted by molar-refractivity contribution is -0.274. The van der Waals surface area contributed by atoms with Gasteiger partial charge in [0, 0.05) is 23.1 Å². The number of para-hydroxylation sites is 2. The number of nitrogens with zero attached hydrogens (tertiary/aromatic N) is 3. The van der Waals surface area contributed by atoms with Gasteiger partial charge in [-0.05, 0) is 24.3 Å². The van der Waals surface area contributed by atoms with E-state index in [1.807, 2.05) is 0 Å². The van der Waals surface area contributed by atoms with Gasteiger partial charge in [-0.1, -0.05) is 35.9 Å². The fourth-order valence-electron chi connectivity index (χ4n) is 3.31. The van der Waals surface area contributed by atoms with E-state index in [1.165, 1.54) is 27.8 Å². The maximum absolute atomic E-state index is 12.9. The van der Waals surface area contributed by atoms with E-state index >= 15 is 0 Å².